The molecule has 0 saturated heterocycles. The van der Waals surface area contributed by atoms with Gasteiger partial charge in [0.2, 0.25) is 0 Å². The monoisotopic (exact) mass is 319 g/mol. The Morgan fingerprint density at radius 3 is 2.84 bits per heavy atom. The van der Waals surface area contributed by atoms with Gasteiger partial charge in [0.25, 0.3) is 5.91 Å². The lowest BCUT2D eigenvalue weighted by atomic mass is 10.2. The topological polar surface area (TPSA) is 68.0 Å². The van der Waals surface area contributed by atoms with E-state index < -0.39 is 0 Å². The molecule has 3 N–H and O–H groups in total. The van der Waals surface area contributed by atoms with Gasteiger partial charge in [-0.05, 0) is 42.8 Å². The third-order valence-electron chi connectivity index (χ3n) is 2.70. The number of carbonyl (C=O) groups excluding carboxylic acids is 1. The molecule has 5 heteroatoms. The number of amides is 1. The van der Waals surface area contributed by atoms with E-state index >= 15 is 0 Å². The predicted molar refractivity (Wildman–Crippen MR) is 79.0 cm³/mol. The Bertz CT molecular complexity index is 613. The van der Waals surface area contributed by atoms with Crippen LogP contribution in [-0.2, 0) is 6.54 Å². The number of aromatic nitrogens is 1. The maximum atomic E-state index is 12.1. The summed E-state index contributed by atoms with van der Waals surface area (Å²) in [4.78, 5) is 16.1. The van der Waals surface area contributed by atoms with Crippen LogP contribution in [-0.4, -0.2) is 10.9 Å². The Morgan fingerprint density at radius 2 is 2.16 bits per heavy atom. The van der Waals surface area contributed by atoms with E-state index in [0.29, 0.717) is 17.8 Å². The van der Waals surface area contributed by atoms with E-state index in [1.807, 2.05) is 25.1 Å². The zero-order valence-electron chi connectivity index (χ0n) is 10.5. The molecule has 2 rings (SSSR count). The molecule has 19 heavy (non-hydrogen) atoms. The molecule has 0 fully saturated rings. The second-order valence-electron chi connectivity index (χ2n) is 4.16. The number of hydrogen-bond donors (Lipinski definition) is 2. The molecule has 1 aromatic carbocycles. The second-order valence-corrected chi connectivity index (χ2v) is 5.01. The van der Waals surface area contributed by atoms with Gasteiger partial charge in [0.05, 0.1) is 5.69 Å². The van der Waals surface area contributed by atoms with E-state index in [2.05, 4.69) is 26.2 Å². The minimum Gasteiger partial charge on any atom is -0.325 e. The molecular formula is C14H14BrN3O. The Morgan fingerprint density at radius 1 is 1.37 bits per heavy atom. The van der Waals surface area contributed by atoms with E-state index in [9.17, 15) is 4.79 Å². The number of nitrogens with zero attached hydrogens (tertiary/aromatic N) is 1. The molecule has 0 aliphatic carbocycles. The van der Waals surface area contributed by atoms with Crippen molar-refractivity contribution in [2.45, 2.75) is 13.5 Å². The number of benzene rings is 1. The summed E-state index contributed by atoms with van der Waals surface area (Å²) in [6, 6.07) is 9.02. The van der Waals surface area contributed by atoms with Crippen LogP contribution < -0.4 is 11.1 Å². The smallest absolute Gasteiger partial charge is 0.255 e. The van der Waals surface area contributed by atoms with Crippen molar-refractivity contribution in [3.63, 3.8) is 0 Å². The third-order valence-corrected chi connectivity index (χ3v) is 3.59. The molecule has 0 aliphatic rings. The number of hydrogen-bond acceptors (Lipinski definition) is 3. The van der Waals surface area contributed by atoms with Crippen molar-refractivity contribution in [3.8, 4) is 0 Å². The van der Waals surface area contributed by atoms with Gasteiger partial charge in [-0.25, -0.2) is 0 Å². The minimum absolute atomic E-state index is 0.168. The third kappa shape index (κ3) is 3.39. The SMILES string of the molecule is Cc1cc(NC(=O)c2ccnc(CN)c2)ccc1Br. The van der Waals surface area contributed by atoms with Gasteiger partial charge < -0.3 is 11.1 Å². The highest BCUT2D eigenvalue weighted by Gasteiger charge is 2.07. The maximum Gasteiger partial charge on any atom is 0.255 e. The van der Waals surface area contributed by atoms with Crippen LogP contribution in [0.3, 0.4) is 0 Å². The number of nitrogens with two attached hydrogens (primary N) is 1. The van der Waals surface area contributed by atoms with Crippen LogP contribution in [0.25, 0.3) is 0 Å². The zero-order valence-corrected chi connectivity index (χ0v) is 12.1. The van der Waals surface area contributed by atoms with Crippen molar-refractivity contribution in [2.24, 2.45) is 5.73 Å². The van der Waals surface area contributed by atoms with Crippen LogP contribution in [0.1, 0.15) is 21.6 Å². The fourth-order valence-corrected chi connectivity index (χ4v) is 1.90. The van der Waals surface area contributed by atoms with Crippen LogP contribution >= 0.6 is 15.9 Å². The van der Waals surface area contributed by atoms with E-state index in [0.717, 1.165) is 15.7 Å². The van der Waals surface area contributed by atoms with Crippen molar-refractivity contribution >= 4 is 27.5 Å². The summed E-state index contributed by atoms with van der Waals surface area (Å²) in [6.07, 6.45) is 1.59. The molecule has 1 heterocycles. The van der Waals surface area contributed by atoms with Crippen molar-refractivity contribution in [3.05, 3.63) is 57.8 Å². The summed E-state index contributed by atoms with van der Waals surface area (Å²) in [5.41, 5.74) is 8.58. The molecule has 0 spiro atoms. The molecule has 0 radical (unpaired) electrons. The maximum absolute atomic E-state index is 12.1. The molecule has 98 valence electrons. The number of halogens is 1. The molecule has 0 unspecified atom stereocenters. The number of carbonyl (C=O) groups is 1. The van der Waals surface area contributed by atoms with E-state index in [-0.39, 0.29) is 5.91 Å². The average Bonchev–Trinajstić information content (AvgIpc) is 2.43. The first kappa shape index (κ1) is 13.7. The second kappa shape index (κ2) is 5.95. The van der Waals surface area contributed by atoms with Gasteiger partial charge in [-0.15, -0.1) is 0 Å². The first-order chi connectivity index (χ1) is 9.10. The molecule has 4 nitrogen and oxygen atoms in total. The molecule has 0 aliphatic heterocycles. The largest absolute Gasteiger partial charge is 0.325 e. The van der Waals surface area contributed by atoms with Crippen molar-refractivity contribution in [1.29, 1.82) is 0 Å². The molecule has 0 atom stereocenters. The first-order valence-corrected chi connectivity index (χ1v) is 6.62. The highest BCUT2D eigenvalue weighted by atomic mass is 79.9. The van der Waals surface area contributed by atoms with Gasteiger partial charge in [0, 0.05) is 28.5 Å². The standard InChI is InChI=1S/C14H14BrN3O/c1-9-6-11(2-3-13(9)15)18-14(19)10-4-5-17-12(7-10)8-16/h2-7H,8,16H2,1H3,(H,18,19). The molecule has 0 bridgehead atoms. The lowest BCUT2D eigenvalue weighted by Crippen LogP contribution is -2.13. The lowest BCUT2D eigenvalue weighted by molar-refractivity contribution is 0.102. The minimum atomic E-state index is -0.168. The highest BCUT2D eigenvalue weighted by Crippen LogP contribution is 2.20. The van der Waals surface area contributed by atoms with Crippen LogP contribution in [0.5, 0.6) is 0 Å². The van der Waals surface area contributed by atoms with Crippen molar-refractivity contribution < 1.29 is 4.79 Å². The summed E-state index contributed by atoms with van der Waals surface area (Å²) >= 11 is 3.42. The van der Waals surface area contributed by atoms with Crippen molar-refractivity contribution in [1.82, 2.24) is 4.98 Å². The summed E-state index contributed by atoms with van der Waals surface area (Å²) in [6.45, 7) is 2.29. The quantitative estimate of drug-likeness (QED) is 0.914. The van der Waals surface area contributed by atoms with Gasteiger partial charge in [-0.3, -0.25) is 9.78 Å². The van der Waals surface area contributed by atoms with E-state index in [4.69, 9.17) is 5.73 Å². The summed E-state index contributed by atoms with van der Waals surface area (Å²) in [5, 5.41) is 2.85. The highest BCUT2D eigenvalue weighted by molar-refractivity contribution is 9.10. The van der Waals surface area contributed by atoms with Gasteiger partial charge in [0.15, 0.2) is 0 Å². The van der Waals surface area contributed by atoms with E-state index in [1.54, 1.807) is 18.3 Å². The molecular weight excluding hydrogens is 306 g/mol. The molecule has 1 aromatic heterocycles. The van der Waals surface area contributed by atoms with E-state index in [1.165, 1.54) is 0 Å². The molecule has 2 aromatic rings. The number of pyridine rings is 1. The fourth-order valence-electron chi connectivity index (χ4n) is 1.66. The summed E-state index contributed by atoms with van der Waals surface area (Å²) in [5.74, 6) is -0.168. The van der Waals surface area contributed by atoms with Crippen LogP contribution in [0.15, 0.2) is 41.0 Å². The Hall–Kier alpha value is -1.72. The zero-order chi connectivity index (χ0) is 13.8. The average molecular weight is 320 g/mol. The van der Waals surface area contributed by atoms with Gasteiger partial charge >= 0.3 is 0 Å². The number of nitrogens with one attached hydrogen (secondary N) is 1. The number of rotatable bonds is 3. The Balaban J connectivity index is 2.18. The normalized spacial score (nSPS) is 10.3. The molecule has 0 saturated carbocycles. The van der Waals surface area contributed by atoms with Crippen LogP contribution in [0, 0.1) is 6.92 Å². The number of anilines is 1. The van der Waals surface area contributed by atoms with Gasteiger partial charge in [0.1, 0.15) is 0 Å². The predicted octanol–water partition coefficient (Wildman–Crippen LogP) is 2.86. The van der Waals surface area contributed by atoms with Gasteiger partial charge in [-0.2, -0.15) is 0 Å². The Labute approximate surface area is 120 Å². The Kier molecular flexibility index (Phi) is 4.29. The van der Waals surface area contributed by atoms with Crippen LogP contribution in [0.2, 0.25) is 0 Å². The van der Waals surface area contributed by atoms with Gasteiger partial charge in [-0.1, -0.05) is 15.9 Å². The first-order valence-electron chi connectivity index (χ1n) is 5.82. The fraction of sp³-hybridized carbons (Fsp3) is 0.143. The van der Waals surface area contributed by atoms with Crippen molar-refractivity contribution in [2.75, 3.05) is 5.32 Å². The lowest BCUT2D eigenvalue weighted by Gasteiger charge is -2.07. The number of aryl methyl sites for hydroxylation is 1. The summed E-state index contributed by atoms with van der Waals surface area (Å²) in [7, 11) is 0. The molecule has 1 amide bonds. The van der Waals surface area contributed by atoms with Crippen LogP contribution in [0.4, 0.5) is 5.69 Å². The summed E-state index contributed by atoms with van der Waals surface area (Å²) < 4.78 is 1.01.